The Labute approximate surface area is 119 Å². The lowest BCUT2D eigenvalue weighted by molar-refractivity contribution is 0.990. The van der Waals surface area contributed by atoms with E-state index in [2.05, 4.69) is 27.3 Å². The number of halogens is 2. The molecule has 0 spiro atoms. The van der Waals surface area contributed by atoms with Crippen molar-refractivity contribution in [3.63, 3.8) is 0 Å². The molecule has 0 aliphatic rings. The van der Waals surface area contributed by atoms with Crippen LogP contribution in [0.15, 0.2) is 53.0 Å². The first-order chi connectivity index (χ1) is 8.70. The predicted octanol–water partition coefficient (Wildman–Crippen LogP) is 4.78. The molecular formula is C14H10BrClN2. The summed E-state index contributed by atoms with van der Waals surface area (Å²) in [6, 6.07) is 16.8. The second-order valence-corrected chi connectivity index (χ2v) is 5.03. The number of anilines is 1. The maximum absolute atomic E-state index is 9.27. The average Bonchev–Trinajstić information content (AvgIpc) is 2.37. The first-order valence-electron chi connectivity index (χ1n) is 5.37. The zero-order valence-corrected chi connectivity index (χ0v) is 11.7. The number of nitriles is 1. The summed E-state index contributed by atoms with van der Waals surface area (Å²) in [5.74, 6) is 0. The highest BCUT2D eigenvalue weighted by atomic mass is 79.9. The SMILES string of the molecule is N#CC(Nc1cccc(Cl)c1)c1ccccc1Br. The molecule has 0 saturated carbocycles. The van der Waals surface area contributed by atoms with E-state index in [1.807, 2.05) is 36.4 Å². The number of nitrogens with zero attached hydrogens (tertiary/aromatic N) is 1. The summed E-state index contributed by atoms with van der Waals surface area (Å²) >= 11 is 9.36. The Kier molecular flexibility index (Phi) is 4.24. The summed E-state index contributed by atoms with van der Waals surface area (Å²) < 4.78 is 0.908. The van der Waals surface area contributed by atoms with Crippen molar-refractivity contribution in [3.05, 3.63) is 63.6 Å². The standard InChI is InChI=1S/C14H10BrClN2/c15-13-7-2-1-6-12(13)14(9-17)18-11-5-3-4-10(16)8-11/h1-8,14,18H. The average molecular weight is 322 g/mol. The summed E-state index contributed by atoms with van der Waals surface area (Å²) in [5, 5.41) is 13.1. The van der Waals surface area contributed by atoms with Crippen LogP contribution in [-0.4, -0.2) is 0 Å². The molecule has 0 aliphatic carbocycles. The van der Waals surface area contributed by atoms with Crippen LogP contribution >= 0.6 is 27.5 Å². The molecule has 2 nitrogen and oxygen atoms in total. The van der Waals surface area contributed by atoms with E-state index in [0.29, 0.717) is 5.02 Å². The lowest BCUT2D eigenvalue weighted by Crippen LogP contribution is -2.08. The van der Waals surface area contributed by atoms with E-state index in [4.69, 9.17) is 11.6 Å². The van der Waals surface area contributed by atoms with Gasteiger partial charge >= 0.3 is 0 Å². The van der Waals surface area contributed by atoms with Crippen molar-refractivity contribution in [2.45, 2.75) is 6.04 Å². The first-order valence-corrected chi connectivity index (χ1v) is 6.54. The Morgan fingerprint density at radius 1 is 1.17 bits per heavy atom. The minimum Gasteiger partial charge on any atom is -0.366 e. The van der Waals surface area contributed by atoms with Gasteiger partial charge in [-0.3, -0.25) is 0 Å². The number of rotatable bonds is 3. The fourth-order valence-corrected chi connectivity index (χ4v) is 2.34. The topological polar surface area (TPSA) is 35.8 Å². The summed E-state index contributed by atoms with van der Waals surface area (Å²) in [7, 11) is 0. The van der Waals surface area contributed by atoms with Crippen molar-refractivity contribution in [2.75, 3.05) is 5.32 Å². The van der Waals surface area contributed by atoms with Crippen molar-refractivity contribution in [1.29, 1.82) is 5.26 Å². The fourth-order valence-electron chi connectivity index (χ4n) is 1.63. The van der Waals surface area contributed by atoms with Gasteiger partial charge in [0.2, 0.25) is 0 Å². The molecule has 0 aromatic heterocycles. The second kappa shape index (κ2) is 5.90. The zero-order chi connectivity index (χ0) is 13.0. The van der Waals surface area contributed by atoms with Crippen molar-refractivity contribution >= 4 is 33.2 Å². The van der Waals surface area contributed by atoms with E-state index < -0.39 is 6.04 Å². The lowest BCUT2D eigenvalue weighted by Gasteiger charge is -2.14. The van der Waals surface area contributed by atoms with Gasteiger partial charge in [0.05, 0.1) is 6.07 Å². The molecule has 1 N–H and O–H groups in total. The normalized spacial score (nSPS) is 11.6. The molecule has 2 rings (SSSR count). The summed E-state index contributed by atoms with van der Waals surface area (Å²) in [6.45, 7) is 0. The monoisotopic (exact) mass is 320 g/mol. The van der Waals surface area contributed by atoms with Crippen LogP contribution in [0.4, 0.5) is 5.69 Å². The van der Waals surface area contributed by atoms with Crippen molar-refractivity contribution in [1.82, 2.24) is 0 Å². The smallest absolute Gasteiger partial charge is 0.141 e. The van der Waals surface area contributed by atoms with Gasteiger partial charge in [-0.05, 0) is 24.3 Å². The third kappa shape index (κ3) is 3.04. The molecular weight excluding hydrogens is 312 g/mol. The Hall–Kier alpha value is -1.50. The quantitative estimate of drug-likeness (QED) is 0.883. The van der Waals surface area contributed by atoms with Gasteiger partial charge in [0, 0.05) is 20.7 Å². The number of hydrogen-bond acceptors (Lipinski definition) is 2. The predicted molar refractivity (Wildman–Crippen MR) is 77.6 cm³/mol. The van der Waals surface area contributed by atoms with Crippen LogP contribution in [0.5, 0.6) is 0 Å². The maximum atomic E-state index is 9.27. The maximum Gasteiger partial charge on any atom is 0.141 e. The molecule has 0 fully saturated rings. The van der Waals surface area contributed by atoms with E-state index in [9.17, 15) is 5.26 Å². The minimum atomic E-state index is -0.418. The second-order valence-electron chi connectivity index (χ2n) is 3.74. The van der Waals surface area contributed by atoms with Gasteiger partial charge in [0.1, 0.15) is 6.04 Å². The fraction of sp³-hybridized carbons (Fsp3) is 0.0714. The Balaban J connectivity index is 2.26. The Morgan fingerprint density at radius 3 is 2.61 bits per heavy atom. The van der Waals surface area contributed by atoms with Crippen LogP contribution in [0.1, 0.15) is 11.6 Å². The molecule has 1 atom stereocenters. The lowest BCUT2D eigenvalue weighted by atomic mass is 10.1. The molecule has 18 heavy (non-hydrogen) atoms. The molecule has 1 unspecified atom stereocenters. The van der Waals surface area contributed by atoms with Crippen LogP contribution in [0.3, 0.4) is 0 Å². The molecule has 0 aliphatic heterocycles. The van der Waals surface area contributed by atoms with Crippen molar-refractivity contribution in [2.24, 2.45) is 0 Å². The minimum absolute atomic E-state index is 0.418. The molecule has 2 aromatic carbocycles. The number of benzene rings is 2. The van der Waals surface area contributed by atoms with Gasteiger partial charge in [0.25, 0.3) is 0 Å². The Bertz CT molecular complexity index is 592. The van der Waals surface area contributed by atoms with E-state index >= 15 is 0 Å². The van der Waals surface area contributed by atoms with Gasteiger partial charge < -0.3 is 5.32 Å². The van der Waals surface area contributed by atoms with Gasteiger partial charge in [-0.25, -0.2) is 0 Å². The summed E-state index contributed by atoms with van der Waals surface area (Å²) in [4.78, 5) is 0. The molecule has 90 valence electrons. The zero-order valence-electron chi connectivity index (χ0n) is 9.40. The molecule has 0 bridgehead atoms. The van der Waals surface area contributed by atoms with Crippen molar-refractivity contribution < 1.29 is 0 Å². The van der Waals surface area contributed by atoms with E-state index in [0.717, 1.165) is 15.7 Å². The third-order valence-corrected chi connectivity index (χ3v) is 3.44. The molecule has 0 heterocycles. The van der Waals surface area contributed by atoms with Crippen LogP contribution < -0.4 is 5.32 Å². The van der Waals surface area contributed by atoms with E-state index in [1.54, 1.807) is 12.1 Å². The van der Waals surface area contributed by atoms with Gasteiger partial charge in [-0.2, -0.15) is 5.26 Å². The summed E-state index contributed by atoms with van der Waals surface area (Å²) in [6.07, 6.45) is 0. The van der Waals surface area contributed by atoms with Crippen LogP contribution in [0.25, 0.3) is 0 Å². The van der Waals surface area contributed by atoms with E-state index in [-0.39, 0.29) is 0 Å². The third-order valence-electron chi connectivity index (χ3n) is 2.48. The number of nitrogens with one attached hydrogen (secondary N) is 1. The highest BCUT2D eigenvalue weighted by Crippen LogP contribution is 2.26. The molecule has 2 aromatic rings. The highest BCUT2D eigenvalue weighted by Gasteiger charge is 2.13. The molecule has 0 radical (unpaired) electrons. The number of hydrogen-bond donors (Lipinski definition) is 1. The molecule has 0 saturated heterocycles. The highest BCUT2D eigenvalue weighted by molar-refractivity contribution is 9.10. The van der Waals surface area contributed by atoms with Gasteiger partial charge in [0.15, 0.2) is 0 Å². The van der Waals surface area contributed by atoms with Crippen LogP contribution in [-0.2, 0) is 0 Å². The summed E-state index contributed by atoms with van der Waals surface area (Å²) in [5.41, 5.74) is 1.73. The molecule has 0 amide bonds. The Morgan fingerprint density at radius 2 is 1.94 bits per heavy atom. The van der Waals surface area contributed by atoms with Crippen LogP contribution in [0.2, 0.25) is 5.02 Å². The first kappa shape index (κ1) is 12.9. The van der Waals surface area contributed by atoms with Crippen LogP contribution in [0, 0.1) is 11.3 Å². The van der Waals surface area contributed by atoms with Gasteiger partial charge in [-0.15, -0.1) is 0 Å². The van der Waals surface area contributed by atoms with Gasteiger partial charge in [-0.1, -0.05) is 51.8 Å². The van der Waals surface area contributed by atoms with Crippen molar-refractivity contribution in [3.8, 4) is 6.07 Å². The largest absolute Gasteiger partial charge is 0.366 e. The van der Waals surface area contributed by atoms with E-state index in [1.165, 1.54) is 0 Å². The molecule has 4 heteroatoms.